The second-order valence-corrected chi connectivity index (χ2v) is 8.48. The Bertz CT molecular complexity index is 1100. The number of aromatic nitrogens is 3. The molecule has 0 saturated carbocycles. The van der Waals surface area contributed by atoms with Gasteiger partial charge in [0.2, 0.25) is 5.91 Å². The zero-order valence-electron chi connectivity index (χ0n) is 18.7. The number of rotatable bonds is 8. The molecule has 4 heterocycles. The Morgan fingerprint density at radius 3 is 2.65 bits per heavy atom. The minimum Gasteiger partial charge on any atom is -0.460 e. The van der Waals surface area contributed by atoms with Gasteiger partial charge in [-0.15, -0.1) is 0 Å². The van der Waals surface area contributed by atoms with Gasteiger partial charge < -0.3 is 14.6 Å². The lowest BCUT2D eigenvalue weighted by atomic mass is 10.2. The highest BCUT2D eigenvalue weighted by atomic mass is 16.3. The molecule has 0 bridgehead atoms. The van der Waals surface area contributed by atoms with Gasteiger partial charge in [-0.1, -0.05) is 19.8 Å². The lowest BCUT2D eigenvalue weighted by Crippen LogP contribution is -2.35. The van der Waals surface area contributed by atoms with Gasteiger partial charge in [-0.25, -0.2) is 4.68 Å². The van der Waals surface area contributed by atoms with Crippen LogP contribution in [0.15, 0.2) is 21.3 Å². The van der Waals surface area contributed by atoms with E-state index < -0.39 is 0 Å². The van der Waals surface area contributed by atoms with Gasteiger partial charge in [0.05, 0.1) is 5.52 Å². The van der Waals surface area contributed by atoms with E-state index in [1.54, 1.807) is 6.07 Å². The first kappa shape index (κ1) is 21.6. The van der Waals surface area contributed by atoms with Crippen molar-refractivity contribution in [3.8, 4) is 0 Å². The van der Waals surface area contributed by atoms with Crippen LogP contribution in [-0.4, -0.2) is 51.2 Å². The number of aryl methyl sites for hydroxylation is 3. The number of nitrogens with one attached hydrogen (secondary N) is 1. The number of fused-ring (bicyclic) bond motifs is 3. The molecule has 1 fully saturated rings. The van der Waals surface area contributed by atoms with Gasteiger partial charge in [-0.3, -0.25) is 14.0 Å². The van der Waals surface area contributed by atoms with E-state index in [9.17, 15) is 9.59 Å². The summed E-state index contributed by atoms with van der Waals surface area (Å²) in [6, 6.07) is 3.72. The van der Waals surface area contributed by atoms with Crippen molar-refractivity contribution in [2.24, 2.45) is 0 Å². The van der Waals surface area contributed by atoms with Gasteiger partial charge in [0, 0.05) is 44.6 Å². The number of carbonyl (C=O) groups is 1. The molecule has 0 aromatic carbocycles. The molecular weight excluding hydrogens is 394 g/mol. The second kappa shape index (κ2) is 9.68. The summed E-state index contributed by atoms with van der Waals surface area (Å²) < 4.78 is 9.07. The van der Waals surface area contributed by atoms with Crippen molar-refractivity contribution in [2.45, 2.75) is 65.3 Å². The number of amides is 1. The highest BCUT2D eigenvalue weighted by molar-refractivity contribution is 5.83. The lowest BCUT2D eigenvalue weighted by molar-refractivity contribution is -0.121. The molecule has 0 spiro atoms. The van der Waals surface area contributed by atoms with E-state index in [-0.39, 0.29) is 11.5 Å². The van der Waals surface area contributed by atoms with Gasteiger partial charge in [0.25, 0.3) is 5.56 Å². The molecule has 0 aliphatic carbocycles. The second-order valence-electron chi connectivity index (χ2n) is 8.48. The van der Waals surface area contributed by atoms with Crippen LogP contribution < -0.4 is 10.9 Å². The van der Waals surface area contributed by atoms with Crippen LogP contribution >= 0.6 is 0 Å². The lowest BCUT2D eigenvalue weighted by Gasteiger charge is -2.19. The Morgan fingerprint density at radius 2 is 1.90 bits per heavy atom. The molecular formula is C23H33N5O3. The van der Waals surface area contributed by atoms with Crippen LogP contribution in [0.4, 0.5) is 0 Å². The fraction of sp³-hybridized carbons (Fsp3) is 0.609. The summed E-state index contributed by atoms with van der Waals surface area (Å²) >= 11 is 0. The first-order valence-electron chi connectivity index (χ1n) is 11.6. The number of hydrogen-bond acceptors (Lipinski definition) is 5. The van der Waals surface area contributed by atoms with Crippen LogP contribution in [-0.2, 0) is 17.8 Å². The molecule has 1 aliphatic rings. The number of carbonyl (C=O) groups excluding carboxylic acids is 1. The van der Waals surface area contributed by atoms with Crippen LogP contribution in [0, 0.1) is 6.92 Å². The van der Waals surface area contributed by atoms with Crippen molar-refractivity contribution < 1.29 is 9.21 Å². The molecule has 3 aromatic rings. The van der Waals surface area contributed by atoms with E-state index in [2.05, 4.69) is 15.3 Å². The summed E-state index contributed by atoms with van der Waals surface area (Å²) in [6.45, 7) is 8.21. The van der Waals surface area contributed by atoms with Crippen molar-refractivity contribution in [1.82, 2.24) is 24.4 Å². The first-order chi connectivity index (χ1) is 15.1. The number of nitrogens with zero attached hydrogens (tertiary/aromatic N) is 4. The van der Waals surface area contributed by atoms with E-state index >= 15 is 0 Å². The van der Waals surface area contributed by atoms with Gasteiger partial charge >= 0.3 is 0 Å². The molecule has 1 saturated heterocycles. The van der Waals surface area contributed by atoms with E-state index in [1.165, 1.54) is 30.4 Å². The smallest absolute Gasteiger partial charge is 0.291 e. The monoisotopic (exact) mass is 427 g/mol. The van der Waals surface area contributed by atoms with E-state index in [0.717, 1.165) is 36.7 Å². The number of likely N-dealkylation sites (tertiary alicyclic amines) is 1. The molecule has 1 amide bonds. The minimum atomic E-state index is -0.150. The molecule has 0 radical (unpaired) electrons. The largest absolute Gasteiger partial charge is 0.460 e. The average Bonchev–Trinajstić information content (AvgIpc) is 3.15. The van der Waals surface area contributed by atoms with Crippen molar-refractivity contribution >= 4 is 22.5 Å². The normalized spacial score (nSPS) is 15.5. The third-order valence-electron chi connectivity index (χ3n) is 6.10. The Morgan fingerprint density at radius 1 is 1.13 bits per heavy atom. The zero-order valence-corrected chi connectivity index (χ0v) is 18.7. The fourth-order valence-corrected chi connectivity index (χ4v) is 4.48. The van der Waals surface area contributed by atoms with Crippen LogP contribution in [0.5, 0.6) is 0 Å². The van der Waals surface area contributed by atoms with E-state index in [4.69, 9.17) is 4.42 Å². The molecule has 31 heavy (non-hydrogen) atoms. The maximum absolute atomic E-state index is 12.9. The quantitative estimate of drug-likeness (QED) is 0.598. The van der Waals surface area contributed by atoms with Gasteiger partial charge in [0.15, 0.2) is 5.58 Å². The number of hydrogen-bond donors (Lipinski definition) is 1. The molecule has 4 rings (SSSR count). The molecule has 8 nitrogen and oxygen atoms in total. The van der Waals surface area contributed by atoms with Gasteiger partial charge in [-0.05, 0) is 39.3 Å². The highest BCUT2D eigenvalue weighted by Gasteiger charge is 2.16. The van der Waals surface area contributed by atoms with Crippen LogP contribution in [0.25, 0.3) is 16.6 Å². The van der Waals surface area contributed by atoms with E-state index in [1.807, 2.05) is 24.3 Å². The highest BCUT2D eigenvalue weighted by Crippen LogP contribution is 2.23. The summed E-state index contributed by atoms with van der Waals surface area (Å²) in [6.07, 6.45) is 6.82. The maximum atomic E-state index is 12.9. The van der Waals surface area contributed by atoms with Crippen molar-refractivity contribution in [3.05, 3.63) is 34.1 Å². The molecule has 8 heteroatoms. The first-order valence-corrected chi connectivity index (χ1v) is 11.6. The molecule has 1 N–H and O–H groups in total. The van der Waals surface area contributed by atoms with Gasteiger partial charge in [-0.2, -0.15) is 5.10 Å². The Labute approximate surface area is 182 Å². The van der Waals surface area contributed by atoms with Gasteiger partial charge in [0.1, 0.15) is 17.1 Å². The van der Waals surface area contributed by atoms with Crippen molar-refractivity contribution in [1.29, 1.82) is 0 Å². The van der Waals surface area contributed by atoms with Crippen molar-refractivity contribution in [3.63, 3.8) is 0 Å². The zero-order chi connectivity index (χ0) is 21.8. The summed E-state index contributed by atoms with van der Waals surface area (Å²) in [5.74, 6) is 1.66. The molecule has 0 unspecified atom stereocenters. The molecule has 1 aliphatic heterocycles. The van der Waals surface area contributed by atoms with Crippen LogP contribution in [0.2, 0.25) is 0 Å². The predicted molar refractivity (Wildman–Crippen MR) is 120 cm³/mol. The Kier molecular flexibility index (Phi) is 6.75. The Balaban J connectivity index is 1.34. The number of furan rings is 1. The topological polar surface area (TPSA) is 84.8 Å². The van der Waals surface area contributed by atoms with Crippen molar-refractivity contribution in [2.75, 3.05) is 26.2 Å². The predicted octanol–water partition coefficient (Wildman–Crippen LogP) is 2.89. The summed E-state index contributed by atoms with van der Waals surface area (Å²) in [5.41, 5.74) is 2.00. The SMILES string of the molecule is CCc1nn(CCCC(=O)NCCN2CCCCCC2)c(=O)c2cc3oc(C)cc3n12. The molecule has 3 aromatic heterocycles. The minimum absolute atomic E-state index is 0.0374. The summed E-state index contributed by atoms with van der Waals surface area (Å²) in [7, 11) is 0. The average molecular weight is 428 g/mol. The van der Waals surface area contributed by atoms with Crippen LogP contribution in [0.3, 0.4) is 0 Å². The fourth-order valence-electron chi connectivity index (χ4n) is 4.48. The summed E-state index contributed by atoms with van der Waals surface area (Å²) in [4.78, 5) is 27.6. The summed E-state index contributed by atoms with van der Waals surface area (Å²) in [5, 5.41) is 7.58. The third-order valence-corrected chi connectivity index (χ3v) is 6.10. The standard InChI is InChI=1S/C23H33N5O3/c1-3-21-25-27(23(30)19-16-20-18(28(19)21)15-17(2)31-20)13-8-9-22(29)24-10-14-26-11-6-4-5-7-12-26/h15-16H,3-14H2,1-2H3,(H,24,29). The molecule has 168 valence electrons. The van der Waals surface area contributed by atoms with Crippen LogP contribution in [0.1, 0.15) is 57.0 Å². The van der Waals surface area contributed by atoms with E-state index in [0.29, 0.717) is 43.5 Å². The molecule has 0 atom stereocenters. The Hall–Kier alpha value is -2.61. The third kappa shape index (κ3) is 4.84. The maximum Gasteiger partial charge on any atom is 0.291 e.